The minimum Gasteiger partial charge on any atom is -0.369 e. The first-order valence-electron chi connectivity index (χ1n) is 6.90. The molecule has 2 heterocycles. The SMILES string of the molecule is Cc1ccnc2c1/C(=N\NC(=N)N)CC(c1ccsc1Br)C2.Cl. The lowest BCUT2D eigenvalue weighted by molar-refractivity contribution is 0.675. The van der Waals surface area contributed by atoms with Gasteiger partial charge in [-0.3, -0.25) is 10.4 Å². The lowest BCUT2D eigenvalue weighted by Crippen LogP contribution is -2.29. The van der Waals surface area contributed by atoms with Crippen LogP contribution >= 0.6 is 39.7 Å². The zero-order valence-electron chi connectivity index (χ0n) is 12.5. The number of hydrazone groups is 1. The van der Waals surface area contributed by atoms with Gasteiger partial charge in [0.2, 0.25) is 5.96 Å². The number of aryl methyl sites for hydroxylation is 1. The molecule has 0 fully saturated rings. The maximum atomic E-state index is 7.31. The fraction of sp³-hybridized carbons (Fsp3) is 0.267. The second-order valence-corrected chi connectivity index (χ2v) is 7.52. The Balaban J connectivity index is 0.00000192. The Morgan fingerprint density at radius 2 is 2.26 bits per heavy atom. The van der Waals surface area contributed by atoms with Crippen LogP contribution in [0.25, 0.3) is 0 Å². The summed E-state index contributed by atoms with van der Waals surface area (Å²) in [6, 6.07) is 4.14. The molecule has 0 radical (unpaired) electrons. The molecule has 1 aliphatic carbocycles. The quantitative estimate of drug-likeness (QED) is 0.399. The molecular weight excluding hydrogens is 398 g/mol. The molecule has 23 heavy (non-hydrogen) atoms. The Hall–Kier alpha value is -1.44. The molecule has 0 saturated carbocycles. The van der Waals surface area contributed by atoms with E-state index in [-0.39, 0.29) is 18.4 Å². The number of hydrogen-bond donors (Lipinski definition) is 3. The molecule has 5 nitrogen and oxygen atoms in total. The van der Waals surface area contributed by atoms with E-state index in [1.54, 1.807) is 11.3 Å². The van der Waals surface area contributed by atoms with Crippen LogP contribution in [-0.2, 0) is 6.42 Å². The highest BCUT2D eigenvalue weighted by Gasteiger charge is 2.28. The van der Waals surface area contributed by atoms with Crippen molar-refractivity contribution in [1.29, 1.82) is 5.41 Å². The molecule has 8 heteroatoms. The number of hydrogen-bond acceptors (Lipinski definition) is 4. The monoisotopic (exact) mass is 413 g/mol. The number of fused-ring (bicyclic) bond motifs is 1. The summed E-state index contributed by atoms with van der Waals surface area (Å²) in [6.45, 7) is 2.06. The molecule has 0 saturated heterocycles. The lowest BCUT2D eigenvalue weighted by Gasteiger charge is -2.26. The fourth-order valence-corrected chi connectivity index (χ4v) is 4.34. The van der Waals surface area contributed by atoms with E-state index in [1.165, 1.54) is 5.56 Å². The van der Waals surface area contributed by atoms with Gasteiger partial charge in [-0.25, -0.2) is 5.43 Å². The molecule has 1 aliphatic rings. The molecule has 0 spiro atoms. The average molecular weight is 415 g/mol. The number of halogens is 2. The number of guanidine groups is 1. The van der Waals surface area contributed by atoms with Gasteiger partial charge in [-0.2, -0.15) is 5.10 Å². The molecule has 2 aromatic heterocycles. The number of pyridine rings is 1. The van der Waals surface area contributed by atoms with Crippen LogP contribution in [0.3, 0.4) is 0 Å². The molecule has 1 unspecified atom stereocenters. The first kappa shape index (κ1) is 17.9. The van der Waals surface area contributed by atoms with Gasteiger partial charge in [-0.15, -0.1) is 23.7 Å². The van der Waals surface area contributed by atoms with E-state index in [1.807, 2.05) is 12.3 Å². The number of nitrogens with two attached hydrogens (primary N) is 1. The highest BCUT2D eigenvalue weighted by molar-refractivity contribution is 9.11. The van der Waals surface area contributed by atoms with Gasteiger partial charge in [0.15, 0.2) is 0 Å². The van der Waals surface area contributed by atoms with Gasteiger partial charge in [-0.05, 0) is 70.3 Å². The van der Waals surface area contributed by atoms with Gasteiger partial charge in [0.25, 0.3) is 0 Å². The van der Waals surface area contributed by atoms with Crippen molar-refractivity contribution in [3.05, 3.63) is 49.9 Å². The maximum absolute atomic E-state index is 7.31. The van der Waals surface area contributed by atoms with Crippen molar-refractivity contribution in [2.45, 2.75) is 25.7 Å². The summed E-state index contributed by atoms with van der Waals surface area (Å²) < 4.78 is 1.16. The van der Waals surface area contributed by atoms with Crippen molar-refractivity contribution in [2.24, 2.45) is 10.8 Å². The maximum Gasteiger partial charge on any atom is 0.206 e. The summed E-state index contributed by atoms with van der Waals surface area (Å²) in [7, 11) is 0. The summed E-state index contributed by atoms with van der Waals surface area (Å²) in [4.78, 5) is 4.54. The van der Waals surface area contributed by atoms with Gasteiger partial charge in [0.05, 0.1) is 15.2 Å². The summed E-state index contributed by atoms with van der Waals surface area (Å²) in [5.41, 5.74) is 13.4. The Morgan fingerprint density at radius 1 is 1.48 bits per heavy atom. The van der Waals surface area contributed by atoms with Crippen LogP contribution in [0.4, 0.5) is 0 Å². The Morgan fingerprint density at radius 3 is 2.91 bits per heavy atom. The first-order valence-corrected chi connectivity index (χ1v) is 8.58. The first-order chi connectivity index (χ1) is 10.6. The molecule has 1 atom stereocenters. The van der Waals surface area contributed by atoms with E-state index >= 15 is 0 Å². The van der Waals surface area contributed by atoms with E-state index in [4.69, 9.17) is 11.1 Å². The van der Waals surface area contributed by atoms with Gasteiger partial charge >= 0.3 is 0 Å². The van der Waals surface area contributed by atoms with Crippen molar-refractivity contribution in [3.8, 4) is 0 Å². The van der Waals surface area contributed by atoms with Gasteiger partial charge in [0.1, 0.15) is 0 Å². The van der Waals surface area contributed by atoms with E-state index < -0.39 is 0 Å². The van der Waals surface area contributed by atoms with Crippen LogP contribution < -0.4 is 11.2 Å². The van der Waals surface area contributed by atoms with Crippen molar-refractivity contribution in [3.63, 3.8) is 0 Å². The highest BCUT2D eigenvalue weighted by Crippen LogP contribution is 2.38. The molecular formula is C15H17BrClN5S. The summed E-state index contributed by atoms with van der Waals surface area (Å²) >= 11 is 5.32. The molecule has 122 valence electrons. The molecule has 0 amide bonds. The largest absolute Gasteiger partial charge is 0.369 e. The minimum atomic E-state index is -0.158. The van der Waals surface area contributed by atoms with E-state index in [0.717, 1.165) is 39.2 Å². The van der Waals surface area contributed by atoms with E-state index in [9.17, 15) is 0 Å². The number of nitrogens with zero attached hydrogens (tertiary/aromatic N) is 2. The van der Waals surface area contributed by atoms with Crippen molar-refractivity contribution >= 4 is 51.3 Å². The highest BCUT2D eigenvalue weighted by atomic mass is 79.9. The second-order valence-electron chi connectivity index (χ2n) is 5.29. The number of aromatic nitrogens is 1. The Labute approximate surface area is 153 Å². The Bertz CT molecular complexity index is 758. The predicted octanol–water partition coefficient (Wildman–Crippen LogP) is 3.55. The van der Waals surface area contributed by atoms with Gasteiger partial charge in [-0.1, -0.05) is 0 Å². The van der Waals surface area contributed by atoms with Gasteiger partial charge < -0.3 is 5.73 Å². The topological polar surface area (TPSA) is 87.2 Å². The lowest BCUT2D eigenvalue weighted by atomic mass is 9.81. The van der Waals surface area contributed by atoms with Crippen molar-refractivity contribution in [1.82, 2.24) is 10.4 Å². The number of nitrogens with one attached hydrogen (secondary N) is 2. The molecule has 3 rings (SSSR count). The van der Waals surface area contributed by atoms with Gasteiger partial charge in [0, 0.05) is 11.8 Å². The van der Waals surface area contributed by atoms with Crippen LogP contribution in [0.1, 0.15) is 34.7 Å². The summed E-state index contributed by atoms with van der Waals surface area (Å²) in [6.07, 6.45) is 3.54. The van der Waals surface area contributed by atoms with Crippen LogP contribution in [0.2, 0.25) is 0 Å². The van der Waals surface area contributed by atoms with E-state index in [2.05, 4.69) is 49.8 Å². The molecule has 0 aromatic carbocycles. The van der Waals surface area contributed by atoms with Crippen molar-refractivity contribution < 1.29 is 0 Å². The van der Waals surface area contributed by atoms with Crippen LogP contribution in [0.15, 0.2) is 32.6 Å². The Kier molecular flexibility index (Phi) is 5.78. The smallest absolute Gasteiger partial charge is 0.206 e. The zero-order valence-corrected chi connectivity index (χ0v) is 15.7. The fourth-order valence-electron chi connectivity index (χ4n) is 2.85. The molecule has 4 N–H and O–H groups in total. The predicted molar refractivity (Wildman–Crippen MR) is 101 cm³/mol. The number of thiophene rings is 1. The number of rotatable bonds is 2. The van der Waals surface area contributed by atoms with Crippen LogP contribution in [-0.4, -0.2) is 16.7 Å². The standard InChI is InChI=1S/C15H16BrN5S.ClH/c1-8-2-4-19-11-6-9(10-3-5-22-14(10)16)7-12(13(8)11)20-21-15(17)18;/h2-5,9H,6-7H2,1H3,(H4,17,18,21);1H/b20-12-;. The third kappa shape index (κ3) is 3.73. The summed E-state index contributed by atoms with van der Waals surface area (Å²) in [5, 5.41) is 13.7. The van der Waals surface area contributed by atoms with Crippen LogP contribution in [0.5, 0.6) is 0 Å². The molecule has 2 aromatic rings. The summed E-state index contributed by atoms with van der Waals surface area (Å²) in [5.74, 6) is 0.171. The zero-order chi connectivity index (χ0) is 15.7. The normalized spacial score (nSPS) is 18.2. The third-order valence-electron chi connectivity index (χ3n) is 3.80. The second kappa shape index (κ2) is 7.42. The minimum absolute atomic E-state index is 0. The van der Waals surface area contributed by atoms with Crippen molar-refractivity contribution in [2.75, 3.05) is 0 Å². The third-order valence-corrected chi connectivity index (χ3v) is 5.54. The average Bonchev–Trinajstić information content (AvgIpc) is 2.90. The molecule has 0 aliphatic heterocycles. The molecule has 0 bridgehead atoms. The van der Waals surface area contributed by atoms with Crippen LogP contribution in [0, 0.1) is 12.3 Å². The van der Waals surface area contributed by atoms with E-state index in [0.29, 0.717) is 5.92 Å².